The zero-order valence-corrected chi connectivity index (χ0v) is 19.2. The molecule has 1 aliphatic rings. The first-order valence-corrected chi connectivity index (χ1v) is 11.0. The van der Waals surface area contributed by atoms with Crippen LogP contribution in [0.15, 0.2) is 34.8 Å². The molecular weight excluding hydrogens is 466 g/mol. The van der Waals surface area contributed by atoms with E-state index in [2.05, 4.69) is 15.9 Å². The minimum absolute atomic E-state index is 0.107. The first-order valence-electron chi connectivity index (χ1n) is 10.2. The fraction of sp³-hybridized carbons (Fsp3) is 0.391. The fourth-order valence-electron chi connectivity index (χ4n) is 3.70. The molecule has 0 spiro atoms. The van der Waals surface area contributed by atoms with E-state index in [1.807, 2.05) is 6.92 Å². The third kappa shape index (κ3) is 4.95. The van der Waals surface area contributed by atoms with Gasteiger partial charge in [0.15, 0.2) is 17.8 Å². The Kier molecular flexibility index (Phi) is 7.79. The van der Waals surface area contributed by atoms with Gasteiger partial charge in [-0.1, -0.05) is 6.07 Å². The van der Waals surface area contributed by atoms with Crippen molar-refractivity contribution in [1.29, 1.82) is 0 Å². The first-order chi connectivity index (χ1) is 15.0. The number of methoxy groups -OCH3 is 1. The van der Waals surface area contributed by atoms with Crippen molar-refractivity contribution in [3.63, 3.8) is 0 Å². The Morgan fingerprint density at radius 1 is 1.23 bits per heavy atom. The van der Waals surface area contributed by atoms with Gasteiger partial charge in [-0.15, -0.1) is 0 Å². The zero-order chi connectivity index (χ0) is 22.4. The van der Waals surface area contributed by atoms with Gasteiger partial charge in [-0.25, -0.2) is 0 Å². The lowest BCUT2D eigenvalue weighted by Gasteiger charge is -2.36. The van der Waals surface area contributed by atoms with Crippen LogP contribution < -0.4 is 14.2 Å². The number of rotatable bonds is 8. The minimum Gasteiger partial charge on any atom is -0.507 e. The quantitative estimate of drug-likeness (QED) is 0.549. The molecule has 0 aliphatic carbocycles. The maximum atomic E-state index is 13.4. The highest BCUT2D eigenvalue weighted by Crippen LogP contribution is 2.39. The number of halogens is 1. The monoisotopic (exact) mass is 491 g/mol. The molecule has 31 heavy (non-hydrogen) atoms. The third-order valence-corrected chi connectivity index (χ3v) is 6.07. The van der Waals surface area contributed by atoms with Crippen molar-refractivity contribution < 1.29 is 28.9 Å². The molecule has 1 fully saturated rings. The van der Waals surface area contributed by atoms with Gasteiger partial charge in [0.2, 0.25) is 0 Å². The van der Waals surface area contributed by atoms with Crippen molar-refractivity contribution in [2.75, 3.05) is 26.9 Å². The van der Waals surface area contributed by atoms with Crippen LogP contribution in [0.2, 0.25) is 0 Å². The second-order valence-corrected chi connectivity index (χ2v) is 7.95. The number of phenolic OH excluding ortho intramolecular Hbond substituents is 1. The summed E-state index contributed by atoms with van der Waals surface area (Å²) in [4.78, 5) is 26.5. The maximum absolute atomic E-state index is 13.4. The highest BCUT2D eigenvalue weighted by Gasteiger charge is 2.30. The number of benzene rings is 2. The van der Waals surface area contributed by atoms with Gasteiger partial charge in [-0.2, -0.15) is 0 Å². The van der Waals surface area contributed by atoms with Gasteiger partial charge in [0.25, 0.3) is 5.91 Å². The molecule has 1 amide bonds. The molecule has 0 radical (unpaired) electrons. The number of likely N-dealkylation sites (tertiary alicyclic amines) is 1. The molecule has 1 aliphatic heterocycles. The van der Waals surface area contributed by atoms with Crippen molar-refractivity contribution in [3.05, 3.63) is 45.9 Å². The number of carbonyl (C=O) groups is 2. The van der Waals surface area contributed by atoms with Crippen LogP contribution in [0.25, 0.3) is 0 Å². The second kappa shape index (κ2) is 10.5. The first kappa shape index (κ1) is 22.9. The predicted molar refractivity (Wildman–Crippen MR) is 120 cm³/mol. The molecule has 8 heteroatoms. The Morgan fingerprint density at radius 2 is 2.03 bits per heavy atom. The molecule has 1 N–H and O–H groups in total. The molecule has 1 heterocycles. The van der Waals surface area contributed by atoms with E-state index < -0.39 is 0 Å². The summed E-state index contributed by atoms with van der Waals surface area (Å²) in [6.45, 7) is 3.14. The van der Waals surface area contributed by atoms with E-state index >= 15 is 0 Å². The highest BCUT2D eigenvalue weighted by molar-refractivity contribution is 9.10. The summed E-state index contributed by atoms with van der Waals surface area (Å²) in [7, 11) is 1.55. The predicted octanol–water partition coefficient (Wildman–Crippen LogP) is 4.45. The SMILES string of the molecule is CCOc1c(OC)ccc(C(=O)N2CCCC[C@H]2COc2cccc(O)c2C=O)c1Br. The van der Waals surface area contributed by atoms with Crippen LogP contribution in [0, 0.1) is 0 Å². The topological polar surface area (TPSA) is 85.3 Å². The lowest BCUT2D eigenvalue weighted by atomic mass is 10.0. The number of aromatic hydroxyl groups is 1. The van der Waals surface area contributed by atoms with Gasteiger partial charge in [0, 0.05) is 6.54 Å². The van der Waals surface area contributed by atoms with Gasteiger partial charge >= 0.3 is 0 Å². The Balaban J connectivity index is 1.82. The summed E-state index contributed by atoms with van der Waals surface area (Å²) in [6, 6.07) is 7.97. The minimum atomic E-state index is -0.160. The van der Waals surface area contributed by atoms with Crippen LogP contribution in [-0.2, 0) is 0 Å². The van der Waals surface area contributed by atoms with Gasteiger partial charge in [0.05, 0.1) is 35.4 Å². The Bertz CT molecular complexity index is 948. The van der Waals surface area contributed by atoms with Crippen LogP contribution in [-0.4, -0.2) is 55.1 Å². The van der Waals surface area contributed by atoms with Crippen molar-refractivity contribution in [3.8, 4) is 23.0 Å². The lowest BCUT2D eigenvalue weighted by Crippen LogP contribution is -2.46. The van der Waals surface area contributed by atoms with Crippen LogP contribution in [0.3, 0.4) is 0 Å². The van der Waals surface area contributed by atoms with Crippen molar-refractivity contribution in [2.24, 2.45) is 0 Å². The molecule has 7 nitrogen and oxygen atoms in total. The fourth-order valence-corrected chi connectivity index (χ4v) is 4.31. The molecule has 0 aromatic heterocycles. The average molecular weight is 492 g/mol. The summed E-state index contributed by atoms with van der Waals surface area (Å²) in [6.07, 6.45) is 3.23. The number of hydrogen-bond acceptors (Lipinski definition) is 6. The standard InChI is InChI=1S/C23H26BrNO6/c1-3-30-22-20(29-2)11-10-16(21(22)24)23(28)25-12-5-4-7-15(25)14-31-19-9-6-8-18(27)17(19)13-26/h6,8-11,13,15,27H,3-5,7,12,14H2,1-2H3/t15-/m0/s1. The van der Waals surface area contributed by atoms with E-state index in [0.717, 1.165) is 19.3 Å². The van der Waals surface area contributed by atoms with Crippen LogP contribution in [0.5, 0.6) is 23.0 Å². The van der Waals surface area contributed by atoms with E-state index in [4.69, 9.17) is 14.2 Å². The molecule has 2 aromatic carbocycles. The zero-order valence-electron chi connectivity index (χ0n) is 17.6. The Hall–Kier alpha value is -2.74. The molecule has 2 aromatic rings. The Morgan fingerprint density at radius 3 is 2.74 bits per heavy atom. The molecule has 0 saturated carbocycles. The Labute approximate surface area is 190 Å². The highest BCUT2D eigenvalue weighted by atomic mass is 79.9. The normalized spacial score (nSPS) is 16.0. The van der Waals surface area contributed by atoms with Crippen LogP contribution >= 0.6 is 15.9 Å². The number of nitrogens with zero attached hydrogens (tertiary/aromatic N) is 1. The van der Waals surface area contributed by atoms with E-state index in [1.54, 1.807) is 36.3 Å². The molecule has 166 valence electrons. The number of aldehydes is 1. The van der Waals surface area contributed by atoms with Crippen molar-refractivity contribution in [1.82, 2.24) is 4.90 Å². The number of hydrogen-bond donors (Lipinski definition) is 1. The number of piperidine rings is 1. The summed E-state index contributed by atoms with van der Waals surface area (Å²) in [5.74, 6) is 1.09. The van der Waals surface area contributed by atoms with Gasteiger partial charge in [0.1, 0.15) is 18.1 Å². The second-order valence-electron chi connectivity index (χ2n) is 7.16. The van der Waals surface area contributed by atoms with Gasteiger partial charge < -0.3 is 24.2 Å². The van der Waals surface area contributed by atoms with E-state index in [1.165, 1.54) is 6.07 Å². The van der Waals surface area contributed by atoms with Gasteiger partial charge in [-0.05, 0) is 66.4 Å². The average Bonchev–Trinajstić information content (AvgIpc) is 2.79. The summed E-state index contributed by atoms with van der Waals surface area (Å²) >= 11 is 3.51. The van der Waals surface area contributed by atoms with Gasteiger partial charge in [-0.3, -0.25) is 9.59 Å². The van der Waals surface area contributed by atoms with Crippen molar-refractivity contribution in [2.45, 2.75) is 32.2 Å². The lowest BCUT2D eigenvalue weighted by molar-refractivity contribution is 0.0525. The molecular formula is C23H26BrNO6. The number of carbonyl (C=O) groups excluding carboxylic acids is 2. The summed E-state index contributed by atoms with van der Waals surface area (Å²) in [5, 5.41) is 9.86. The van der Waals surface area contributed by atoms with Crippen LogP contribution in [0.4, 0.5) is 0 Å². The maximum Gasteiger partial charge on any atom is 0.255 e. The van der Waals surface area contributed by atoms with Crippen molar-refractivity contribution >= 4 is 28.1 Å². The van der Waals surface area contributed by atoms with E-state index in [9.17, 15) is 14.7 Å². The van der Waals surface area contributed by atoms with E-state index in [0.29, 0.717) is 46.7 Å². The summed E-state index contributed by atoms with van der Waals surface area (Å²) in [5.41, 5.74) is 0.595. The molecule has 1 atom stereocenters. The van der Waals surface area contributed by atoms with E-state index in [-0.39, 0.29) is 29.9 Å². The molecule has 0 bridgehead atoms. The molecule has 0 unspecified atom stereocenters. The smallest absolute Gasteiger partial charge is 0.255 e. The molecule has 3 rings (SSSR count). The third-order valence-electron chi connectivity index (χ3n) is 5.28. The summed E-state index contributed by atoms with van der Waals surface area (Å²) < 4.78 is 17.4. The molecule has 1 saturated heterocycles. The van der Waals surface area contributed by atoms with Crippen LogP contribution in [0.1, 0.15) is 46.9 Å². The number of amides is 1. The number of ether oxygens (including phenoxy) is 3. The largest absolute Gasteiger partial charge is 0.507 e. The number of phenols is 1.